The molecule has 3 nitrogen and oxygen atoms in total. The van der Waals surface area contributed by atoms with Crippen LogP contribution in [-0.4, -0.2) is 31.5 Å². The SMILES string of the molecule is COc1ccc(Br)cc1CC(O)CC(C)OC. The molecule has 4 heteroatoms. The number of methoxy groups -OCH3 is 2. The number of hydrogen-bond acceptors (Lipinski definition) is 3. The van der Waals surface area contributed by atoms with Crippen molar-refractivity contribution in [3.05, 3.63) is 28.2 Å². The summed E-state index contributed by atoms with van der Waals surface area (Å²) < 4.78 is 11.4. The van der Waals surface area contributed by atoms with E-state index >= 15 is 0 Å². The molecular formula is C13H19BrO3. The van der Waals surface area contributed by atoms with Gasteiger partial charge in [0.2, 0.25) is 0 Å². The van der Waals surface area contributed by atoms with Crippen molar-refractivity contribution in [3.8, 4) is 5.75 Å². The smallest absolute Gasteiger partial charge is 0.122 e. The average Bonchev–Trinajstić information content (AvgIpc) is 2.29. The van der Waals surface area contributed by atoms with Gasteiger partial charge >= 0.3 is 0 Å². The van der Waals surface area contributed by atoms with Gasteiger partial charge in [-0.1, -0.05) is 15.9 Å². The molecule has 0 bridgehead atoms. The minimum absolute atomic E-state index is 0.0585. The molecule has 0 aliphatic carbocycles. The molecule has 0 aromatic heterocycles. The number of aliphatic hydroxyl groups excluding tert-OH is 1. The molecule has 0 heterocycles. The van der Waals surface area contributed by atoms with Crippen molar-refractivity contribution in [2.24, 2.45) is 0 Å². The van der Waals surface area contributed by atoms with Crippen molar-refractivity contribution in [2.45, 2.75) is 32.0 Å². The Kier molecular flexibility index (Phi) is 5.95. The van der Waals surface area contributed by atoms with Gasteiger partial charge in [-0.05, 0) is 37.1 Å². The molecule has 0 fully saturated rings. The molecule has 0 amide bonds. The van der Waals surface area contributed by atoms with E-state index in [1.165, 1.54) is 0 Å². The molecule has 0 saturated carbocycles. The van der Waals surface area contributed by atoms with Crippen molar-refractivity contribution in [1.29, 1.82) is 0 Å². The highest BCUT2D eigenvalue weighted by Crippen LogP contribution is 2.25. The van der Waals surface area contributed by atoms with Gasteiger partial charge in [0.05, 0.1) is 19.3 Å². The molecule has 1 rings (SSSR count). The second-order valence-corrected chi connectivity index (χ2v) is 5.01. The molecule has 0 aliphatic rings. The first-order chi connectivity index (χ1) is 8.06. The lowest BCUT2D eigenvalue weighted by Crippen LogP contribution is -2.19. The first-order valence-corrected chi connectivity index (χ1v) is 6.39. The number of rotatable bonds is 6. The van der Waals surface area contributed by atoms with Crippen LogP contribution < -0.4 is 4.74 Å². The highest BCUT2D eigenvalue weighted by atomic mass is 79.9. The fourth-order valence-corrected chi connectivity index (χ4v) is 2.13. The predicted octanol–water partition coefficient (Wildman–Crippen LogP) is 2.79. The number of benzene rings is 1. The lowest BCUT2D eigenvalue weighted by molar-refractivity contribution is 0.0563. The molecule has 0 aliphatic heterocycles. The van der Waals surface area contributed by atoms with E-state index in [1.54, 1.807) is 14.2 Å². The zero-order valence-electron chi connectivity index (χ0n) is 10.4. The molecule has 0 saturated heterocycles. The fourth-order valence-electron chi connectivity index (χ4n) is 1.72. The van der Waals surface area contributed by atoms with E-state index in [1.807, 2.05) is 25.1 Å². The van der Waals surface area contributed by atoms with Gasteiger partial charge in [0.1, 0.15) is 5.75 Å². The van der Waals surface area contributed by atoms with Crippen LogP contribution in [0.5, 0.6) is 5.75 Å². The summed E-state index contributed by atoms with van der Waals surface area (Å²) in [7, 11) is 3.29. The lowest BCUT2D eigenvalue weighted by Gasteiger charge is -2.17. The van der Waals surface area contributed by atoms with Crippen LogP contribution in [0.4, 0.5) is 0 Å². The van der Waals surface area contributed by atoms with E-state index in [2.05, 4.69) is 15.9 Å². The van der Waals surface area contributed by atoms with E-state index in [4.69, 9.17) is 9.47 Å². The van der Waals surface area contributed by atoms with Gasteiger partial charge in [0, 0.05) is 18.0 Å². The van der Waals surface area contributed by atoms with Gasteiger partial charge in [0.25, 0.3) is 0 Å². The minimum atomic E-state index is -0.423. The van der Waals surface area contributed by atoms with Crippen molar-refractivity contribution < 1.29 is 14.6 Å². The molecule has 0 radical (unpaired) electrons. The Bertz CT molecular complexity index is 355. The van der Waals surface area contributed by atoms with Gasteiger partial charge in [-0.25, -0.2) is 0 Å². The third kappa shape index (κ3) is 4.66. The Morgan fingerprint density at radius 3 is 2.65 bits per heavy atom. The maximum absolute atomic E-state index is 9.96. The molecule has 1 aromatic carbocycles. The molecule has 96 valence electrons. The van der Waals surface area contributed by atoms with E-state index < -0.39 is 6.10 Å². The van der Waals surface area contributed by atoms with Gasteiger partial charge in [0.15, 0.2) is 0 Å². The fraction of sp³-hybridized carbons (Fsp3) is 0.538. The summed E-state index contributed by atoms with van der Waals surface area (Å²) in [4.78, 5) is 0. The zero-order chi connectivity index (χ0) is 12.8. The summed E-state index contributed by atoms with van der Waals surface area (Å²) >= 11 is 3.42. The van der Waals surface area contributed by atoms with E-state index in [-0.39, 0.29) is 6.10 Å². The van der Waals surface area contributed by atoms with E-state index in [0.29, 0.717) is 12.8 Å². The van der Waals surface area contributed by atoms with Crippen molar-refractivity contribution in [2.75, 3.05) is 14.2 Å². The van der Waals surface area contributed by atoms with Crippen LogP contribution in [0.25, 0.3) is 0 Å². The van der Waals surface area contributed by atoms with Crippen molar-refractivity contribution in [3.63, 3.8) is 0 Å². The quantitative estimate of drug-likeness (QED) is 0.878. The third-order valence-corrected chi connectivity index (χ3v) is 3.20. The van der Waals surface area contributed by atoms with E-state index in [0.717, 1.165) is 15.8 Å². The minimum Gasteiger partial charge on any atom is -0.496 e. The average molecular weight is 303 g/mol. The number of hydrogen-bond donors (Lipinski definition) is 1. The van der Waals surface area contributed by atoms with Gasteiger partial charge in [-0.3, -0.25) is 0 Å². The topological polar surface area (TPSA) is 38.7 Å². The molecular weight excluding hydrogens is 284 g/mol. The van der Waals surface area contributed by atoms with Crippen LogP contribution in [0.15, 0.2) is 22.7 Å². The largest absolute Gasteiger partial charge is 0.496 e. The third-order valence-electron chi connectivity index (χ3n) is 2.70. The normalized spacial score (nSPS) is 14.4. The Morgan fingerprint density at radius 1 is 1.35 bits per heavy atom. The van der Waals surface area contributed by atoms with Crippen LogP contribution in [0, 0.1) is 0 Å². The first kappa shape index (κ1) is 14.5. The summed E-state index contributed by atoms with van der Waals surface area (Å²) in [6, 6.07) is 5.79. The summed E-state index contributed by atoms with van der Waals surface area (Å²) in [6.45, 7) is 1.95. The second kappa shape index (κ2) is 6.99. The number of ether oxygens (including phenoxy) is 2. The molecule has 0 spiro atoms. The highest BCUT2D eigenvalue weighted by Gasteiger charge is 2.13. The summed E-state index contributed by atoms with van der Waals surface area (Å²) in [5, 5.41) is 9.96. The van der Waals surface area contributed by atoms with Gasteiger partial charge in [-0.2, -0.15) is 0 Å². The molecule has 1 N–H and O–H groups in total. The number of aliphatic hydroxyl groups is 1. The van der Waals surface area contributed by atoms with Crippen molar-refractivity contribution in [1.82, 2.24) is 0 Å². The Labute approximate surface area is 111 Å². The summed E-state index contributed by atoms with van der Waals surface area (Å²) in [6.07, 6.45) is 0.818. The molecule has 17 heavy (non-hydrogen) atoms. The van der Waals surface area contributed by atoms with Gasteiger partial charge < -0.3 is 14.6 Å². The Balaban J connectivity index is 2.69. The number of halogens is 1. The van der Waals surface area contributed by atoms with Crippen LogP contribution in [0.2, 0.25) is 0 Å². The van der Waals surface area contributed by atoms with Crippen LogP contribution in [-0.2, 0) is 11.2 Å². The maximum atomic E-state index is 9.96. The van der Waals surface area contributed by atoms with Crippen LogP contribution in [0.3, 0.4) is 0 Å². The Hall–Kier alpha value is -0.580. The van der Waals surface area contributed by atoms with Gasteiger partial charge in [-0.15, -0.1) is 0 Å². The standard InChI is InChI=1S/C13H19BrO3/c1-9(16-2)6-12(15)8-10-7-11(14)4-5-13(10)17-3/h4-5,7,9,12,15H,6,8H2,1-3H3. The van der Waals surface area contributed by atoms with E-state index in [9.17, 15) is 5.11 Å². The van der Waals surface area contributed by atoms with Crippen LogP contribution >= 0.6 is 15.9 Å². The zero-order valence-corrected chi connectivity index (χ0v) is 12.0. The molecule has 2 unspecified atom stereocenters. The molecule has 1 aromatic rings. The summed E-state index contributed by atoms with van der Waals surface area (Å²) in [5.74, 6) is 0.803. The maximum Gasteiger partial charge on any atom is 0.122 e. The highest BCUT2D eigenvalue weighted by molar-refractivity contribution is 9.10. The molecule has 2 atom stereocenters. The first-order valence-electron chi connectivity index (χ1n) is 5.60. The monoisotopic (exact) mass is 302 g/mol. The predicted molar refractivity (Wildman–Crippen MR) is 71.5 cm³/mol. The lowest BCUT2D eigenvalue weighted by atomic mass is 10.0. The Morgan fingerprint density at radius 2 is 2.06 bits per heavy atom. The van der Waals surface area contributed by atoms with Crippen LogP contribution in [0.1, 0.15) is 18.9 Å². The van der Waals surface area contributed by atoms with Crippen molar-refractivity contribution >= 4 is 15.9 Å². The second-order valence-electron chi connectivity index (χ2n) is 4.10. The summed E-state index contributed by atoms with van der Waals surface area (Å²) in [5.41, 5.74) is 0.998.